The Bertz CT molecular complexity index is 5970. The van der Waals surface area contributed by atoms with Crippen molar-refractivity contribution in [1.29, 1.82) is 0 Å². The standard InChI is InChI=1S/C94H93N12O21P/c1-58(107)29-42-85(110)126-76-50-83(105-48-44-80(100-91(105)113)99-81(108)28-17-47-104(3)93(115)120-54-75-72-26-15-11-22-68(72)69-23-12-16-27-73(69)75)125-79(76)56-123-128(116,122-49-46-95-2)127-77-51-84(124-78(77)55-121-94(61-18-7-6-8-19-61,62-34-38-64(117-4)39-35-62)63-36-40-65(118-5)41-37-63)106-57-98-86-87(106)102-90(103-89(86)112)101-82(109)43-45-96-88(111)60-32-30-59(31-33-60)52-97-92(114)119-53-74-70-24-13-9-20-66(70)67-21-10-14-25-71(67)74/h6-16,18-27,30-41,44,48,57,74-79,83-84H,17,28-29,42-43,45-47,49-56H2,1,3-5H3,(H,96,111)(H,97,114)(H,99,100,108,113)(H2,101,102,103,109,112)/t76?,77?,78-,79-,83-,84-,128?/m1/s1. The molecule has 11 aromatic rings. The molecule has 660 valence electrons. The van der Waals surface area contributed by atoms with E-state index in [4.69, 9.17) is 58.0 Å². The number of hydrogen-bond acceptors (Lipinski definition) is 24. The van der Waals surface area contributed by atoms with Gasteiger partial charge in [0.1, 0.15) is 85.4 Å². The number of ether oxygens (including phenoxy) is 8. The normalized spacial score (nSPS) is 17.2. The van der Waals surface area contributed by atoms with Gasteiger partial charge in [0.05, 0.1) is 40.2 Å². The molecule has 0 saturated carbocycles. The number of aromatic amines is 1. The molecule has 34 heteroatoms. The van der Waals surface area contributed by atoms with Gasteiger partial charge in [-0.2, -0.15) is 9.97 Å². The molecule has 5 amide bonds. The number of carbonyl (C=O) groups is 7. The molecular formula is C94H93N12O21P. The molecule has 0 bridgehead atoms. The van der Waals surface area contributed by atoms with E-state index in [0.717, 1.165) is 49.1 Å². The van der Waals surface area contributed by atoms with E-state index in [1.807, 2.05) is 140 Å². The summed E-state index contributed by atoms with van der Waals surface area (Å²) in [7, 11) is -0.389. The first kappa shape index (κ1) is 89.0. The Morgan fingerprint density at radius 2 is 1.17 bits per heavy atom. The summed E-state index contributed by atoms with van der Waals surface area (Å²) in [5.41, 5.74) is 8.19. The second-order valence-electron chi connectivity index (χ2n) is 30.9. The number of hydrogen-bond donors (Lipinski definition) is 5. The third-order valence-corrected chi connectivity index (χ3v) is 24.2. The van der Waals surface area contributed by atoms with Crippen LogP contribution in [-0.4, -0.2) is 174 Å². The van der Waals surface area contributed by atoms with Crippen LogP contribution in [0.4, 0.5) is 21.4 Å². The van der Waals surface area contributed by atoms with Gasteiger partial charge < -0.3 is 68.4 Å². The highest BCUT2D eigenvalue weighted by Gasteiger charge is 2.49. The number of benzene rings is 8. The number of H-pyrrole nitrogens is 1. The van der Waals surface area contributed by atoms with Crippen molar-refractivity contribution in [2.24, 2.45) is 0 Å². The van der Waals surface area contributed by atoms with Gasteiger partial charge in [-0.1, -0.05) is 164 Å². The van der Waals surface area contributed by atoms with E-state index < -0.39 is 111 Å². The summed E-state index contributed by atoms with van der Waals surface area (Å²) in [6.07, 6.45) is -7.32. The van der Waals surface area contributed by atoms with Crippen LogP contribution in [0.15, 0.2) is 228 Å². The molecule has 8 aromatic carbocycles. The smallest absolute Gasteiger partial charge is 0.475 e. The van der Waals surface area contributed by atoms with Gasteiger partial charge in [-0.25, -0.2) is 30.5 Å². The molecular weight excluding hydrogens is 1660 g/mol. The van der Waals surface area contributed by atoms with Gasteiger partial charge in [0.25, 0.3) is 11.5 Å². The molecule has 2 aliphatic heterocycles. The van der Waals surface area contributed by atoms with Crippen molar-refractivity contribution in [3.63, 3.8) is 0 Å². The van der Waals surface area contributed by atoms with E-state index in [-0.39, 0.29) is 137 Å². The van der Waals surface area contributed by atoms with Crippen LogP contribution in [0.2, 0.25) is 0 Å². The number of fused-ring (bicyclic) bond motifs is 7. The predicted molar refractivity (Wildman–Crippen MR) is 467 cm³/mol. The fourth-order valence-electron chi connectivity index (χ4n) is 16.3. The summed E-state index contributed by atoms with van der Waals surface area (Å²) in [5.74, 6) is -2.30. The van der Waals surface area contributed by atoms with Gasteiger partial charge in [-0.15, -0.1) is 0 Å². The monoisotopic (exact) mass is 1760 g/mol. The highest BCUT2D eigenvalue weighted by molar-refractivity contribution is 7.48. The Hall–Kier alpha value is -13.8. The highest BCUT2D eigenvalue weighted by atomic mass is 31.2. The second-order valence-corrected chi connectivity index (χ2v) is 32.5. The summed E-state index contributed by atoms with van der Waals surface area (Å²) < 4.78 is 86.4. The number of nitrogens with zero attached hydrogens (tertiary/aromatic N) is 7. The van der Waals surface area contributed by atoms with Gasteiger partial charge in [0.2, 0.25) is 24.3 Å². The van der Waals surface area contributed by atoms with Gasteiger partial charge in [-0.05, 0) is 123 Å². The molecule has 3 unspecified atom stereocenters. The minimum atomic E-state index is -5.05. The quantitative estimate of drug-likeness (QED) is 0.00599. The molecule has 7 atom stereocenters. The number of amides is 5. The number of anilines is 2. The minimum absolute atomic E-state index is 0.0609. The summed E-state index contributed by atoms with van der Waals surface area (Å²) in [6.45, 7) is 7.45. The van der Waals surface area contributed by atoms with E-state index in [1.54, 1.807) is 69.8 Å². The zero-order chi connectivity index (χ0) is 89.4. The van der Waals surface area contributed by atoms with Crippen molar-refractivity contribution in [2.45, 2.75) is 113 Å². The lowest BCUT2D eigenvalue weighted by Crippen LogP contribution is -2.38. The maximum absolute atomic E-state index is 15.8. The number of phosphoric acid groups is 1. The number of aromatic nitrogens is 6. The van der Waals surface area contributed by atoms with Gasteiger partial charge in [-0.3, -0.25) is 57.0 Å². The second kappa shape index (κ2) is 40.6. The van der Waals surface area contributed by atoms with Gasteiger partial charge in [0, 0.05) is 82.4 Å². The third kappa shape index (κ3) is 20.6. The average molecular weight is 1760 g/mol. The van der Waals surface area contributed by atoms with E-state index >= 15 is 4.57 Å². The van der Waals surface area contributed by atoms with E-state index in [1.165, 1.54) is 35.0 Å². The van der Waals surface area contributed by atoms with Crippen LogP contribution in [0.25, 0.3) is 38.3 Å². The van der Waals surface area contributed by atoms with Crippen molar-refractivity contribution in [3.8, 4) is 33.8 Å². The number of ketones is 1. The van der Waals surface area contributed by atoms with Crippen LogP contribution in [-0.2, 0) is 77.9 Å². The lowest BCUT2D eigenvalue weighted by atomic mass is 9.80. The predicted octanol–water partition coefficient (Wildman–Crippen LogP) is 13.1. The number of alkyl carbamates (subject to hydrolysis) is 1. The van der Waals surface area contributed by atoms with Crippen molar-refractivity contribution < 1.29 is 89.6 Å². The number of rotatable bonds is 38. The Balaban J connectivity index is 0.626. The van der Waals surface area contributed by atoms with Crippen LogP contribution in [0, 0.1) is 6.57 Å². The number of esters is 1. The molecule has 3 aromatic heterocycles. The summed E-state index contributed by atoms with van der Waals surface area (Å²) >= 11 is 0. The Labute approximate surface area is 735 Å². The average Bonchev–Trinajstić information content (AvgIpc) is 1.32. The minimum Gasteiger partial charge on any atom is -0.497 e. The van der Waals surface area contributed by atoms with Crippen molar-refractivity contribution >= 4 is 72.4 Å². The molecule has 4 aliphatic rings. The molecule has 33 nitrogen and oxygen atoms in total. The SMILES string of the molecule is [C-]#[N+]CCOP(=O)(OC[C@H]1O[C@@H](n2ccc(NC(=O)CCCN(C)C(=O)OCC3c4ccccc4-c4ccccc43)nc2=O)CC1OC(=O)CCC(C)=O)OC1C[C@H](n2cnc3c(=O)[nH]c(NC(=O)CCNC(=O)c4ccc(CNC(=O)OCC5c6ccccc6-c6ccccc65)cc4)nc32)O[C@@H]1COC(c1ccccc1)(c1ccc(OC)cc1)c1ccc(OC)cc1. The molecule has 2 fully saturated rings. The number of carbonyl (C=O) groups excluding carboxylic acids is 7. The maximum Gasteiger partial charge on any atom is 0.475 e. The Morgan fingerprint density at radius 1 is 0.609 bits per heavy atom. The molecule has 5 heterocycles. The topological polar surface area (TPSA) is 392 Å². The molecule has 5 N–H and O–H groups in total. The van der Waals surface area contributed by atoms with Crippen molar-refractivity contribution in [3.05, 3.63) is 301 Å². The molecule has 2 aliphatic carbocycles. The Kier molecular flexibility index (Phi) is 28.3. The third-order valence-electron chi connectivity index (χ3n) is 22.7. The van der Waals surface area contributed by atoms with Gasteiger partial charge in [0.15, 0.2) is 11.2 Å². The lowest BCUT2D eigenvalue weighted by Gasteiger charge is -2.37. The lowest BCUT2D eigenvalue weighted by molar-refractivity contribution is -0.153. The fraction of sp³-hybridized carbons (Fsp3) is 0.309. The van der Waals surface area contributed by atoms with Gasteiger partial charge >= 0.3 is 31.7 Å². The number of imidazole rings is 1. The maximum atomic E-state index is 15.8. The molecule has 0 spiro atoms. The van der Waals surface area contributed by atoms with Crippen LogP contribution >= 0.6 is 7.82 Å². The van der Waals surface area contributed by atoms with Crippen molar-refractivity contribution in [2.75, 3.05) is 84.6 Å². The van der Waals surface area contributed by atoms with Crippen LogP contribution in [0.3, 0.4) is 0 Å². The highest BCUT2D eigenvalue weighted by Crippen LogP contribution is 2.55. The fourth-order valence-corrected chi connectivity index (χ4v) is 17.6. The molecule has 0 radical (unpaired) electrons. The number of nitrogens with one attached hydrogen (secondary N) is 5. The summed E-state index contributed by atoms with van der Waals surface area (Å²) in [6, 6.07) is 63.8. The molecule has 2 saturated heterocycles. The number of phosphoric ester groups is 1. The van der Waals surface area contributed by atoms with Crippen LogP contribution in [0.5, 0.6) is 11.5 Å². The van der Waals surface area contributed by atoms with E-state index in [2.05, 4.69) is 58.2 Å². The first-order valence-corrected chi connectivity index (χ1v) is 43.2. The molecule has 15 rings (SSSR count). The van der Waals surface area contributed by atoms with E-state index in [0.29, 0.717) is 33.8 Å². The van der Waals surface area contributed by atoms with Crippen molar-refractivity contribution in [1.82, 2.24) is 44.6 Å². The summed E-state index contributed by atoms with van der Waals surface area (Å²) in [5, 5.41) is 10.7. The molecule has 128 heavy (non-hydrogen) atoms. The first-order valence-electron chi connectivity index (χ1n) is 41.7. The zero-order valence-electron chi connectivity index (χ0n) is 70.4. The van der Waals surface area contributed by atoms with Crippen LogP contribution < -0.4 is 42.0 Å². The Morgan fingerprint density at radius 3 is 1.77 bits per heavy atom. The largest absolute Gasteiger partial charge is 0.497 e. The first-order chi connectivity index (χ1) is 62.1. The van der Waals surface area contributed by atoms with E-state index in [9.17, 15) is 43.2 Å². The van der Waals surface area contributed by atoms with Crippen LogP contribution in [0.1, 0.15) is 131 Å². The zero-order valence-corrected chi connectivity index (χ0v) is 71.3. The number of methoxy groups -OCH3 is 2. The summed E-state index contributed by atoms with van der Waals surface area (Å²) in [4.78, 5) is 141. The number of Topliss-reactive ketones (excluding diaryl/α,β-unsaturated/α-hetero) is 1.